The van der Waals surface area contributed by atoms with Crippen LogP contribution < -0.4 is 11.1 Å². The lowest BCUT2D eigenvalue weighted by atomic mass is 10.0. The predicted octanol–water partition coefficient (Wildman–Crippen LogP) is 1.71. The molecule has 0 heterocycles. The molecule has 2 unspecified atom stereocenters. The third-order valence-electron chi connectivity index (χ3n) is 3.27. The number of methoxy groups -OCH3 is 1. The van der Waals surface area contributed by atoms with Crippen molar-refractivity contribution in [2.24, 2.45) is 11.7 Å². The predicted molar refractivity (Wildman–Crippen MR) is 78.2 cm³/mol. The zero-order valence-corrected chi connectivity index (χ0v) is 12.2. The number of hydrogen-bond acceptors (Lipinski definition) is 4. The molecule has 0 saturated heterocycles. The molecule has 20 heavy (non-hydrogen) atoms. The van der Waals surface area contributed by atoms with Crippen LogP contribution in [0.1, 0.15) is 25.8 Å². The quantitative estimate of drug-likeness (QED) is 0.776. The molecule has 5 heteroatoms. The zero-order chi connectivity index (χ0) is 15.1. The van der Waals surface area contributed by atoms with Crippen LogP contribution in [-0.4, -0.2) is 25.0 Å². The molecular formula is C15H22N2O3. The Balaban J connectivity index is 2.54. The number of rotatable bonds is 6. The first-order chi connectivity index (χ1) is 9.43. The molecule has 1 aromatic rings. The summed E-state index contributed by atoms with van der Waals surface area (Å²) < 4.78 is 4.59. The van der Waals surface area contributed by atoms with Crippen molar-refractivity contribution >= 4 is 17.6 Å². The average molecular weight is 278 g/mol. The third kappa shape index (κ3) is 5.01. The van der Waals surface area contributed by atoms with Crippen LogP contribution in [-0.2, 0) is 20.7 Å². The van der Waals surface area contributed by atoms with Crippen molar-refractivity contribution in [2.75, 3.05) is 12.4 Å². The van der Waals surface area contributed by atoms with Crippen LogP contribution in [0.15, 0.2) is 24.3 Å². The Morgan fingerprint density at radius 3 is 2.35 bits per heavy atom. The first kappa shape index (κ1) is 16.2. The summed E-state index contributed by atoms with van der Waals surface area (Å²) in [5, 5.41) is 2.82. The van der Waals surface area contributed by atoms with E-state index in [2.05, 4.69) is 10.1 Å². The van der Waals surface area contributed by atoms with Gasteiger partial charge in [-0.15, -0.1) is 0 Å². The summed E-state index contributed by atoms with van der Waals surface area (Å²) in [4.78, 5) is 22.9. The molecule has 0 spiro atoms. The lowest BCUT2D eigenvalue weighted by Crippen LogP contribution is -2.34. The maximum absolute atomic E-state index is 11.8. The molecule has 0 radical (unpaired) electrons. The fraction of sp³-hybridized carbons (Fsp3) is 0.467. The minimum Gasteiger partial charge on any atom is -0.469 e. The third-order valence-corrected chi connectivity index (χ3v) is 3.27. The highest BCUT2D eigenvalue weighted by atomic mass is 16.5. The summed E-state index contributed by atoms with van der Waals surface area (Å²) in [5.74, 6) is -0.565. The van der Waals surface area contributed by atoms with Crippen molar-refractivity contribution < 1.29 is 14.3 Å². The maximum atomic E-state index is 11.8. The van der Waals surface area contributed by atoms with Gasteiger partial charge in [0.15, 0.2) is 0 Å². The van der Waals surface area contributed by atoms with E-state index >= 15 is 0 Å². The van der Waals surface area contributed by atoms with E-state index in [4.69, 9.17) is 5.73 Å². The Kier molecular flexibility index (Phi) is 6.18. The molecule has 1 amide bonds. The maximum Gasteiger partial charge on any atom is 0.305 e. The molecule has 0 fully saturated rings. The highest BCUT2D eigenvalue weighted by Crippen LogP contribution is 2.13. The second kappa shape index (κ2) is 7.65. The number of nitrogens with two attached hydrogens (primary N) is 1. The molecule has 1 rings (SSSR count). The number of benzene rings is 1. The van der Waals surface area contributed by atoms with E-state index < -0.39 is 0 Å². The normalized spacial score (nSPS) is 13.4. The number of carbonyl (C=O) groups excluding carboxylic acids is 2. The van der Waals surface area contributed by atoms with Crippen molar-refractivity contribution in [3.8, 4) is 0 Å². The van der Waals surface area contributed by atoms with Gasteiger partial charge in [-0.25, -0.2) is 0 Å². The van der Waals surface area contributed by atoms with Crippen molar-refractivity contribution in [1.29, 1.82) is 0 Å². The smallest absolute Gasteiger partial charge is 0.305 e. The Labute approximate surface area is 119 Å². The Morgan fingerprint density at radius 2 is 1.85 bits per heavy atom. The van der Waals surface area contributed by atoms with Crippen LogP contribution in [0.5, 0.6) is 0 Å². The van der Waals surface area contributed by atoms with Crippen LogP contribution in [0.2, 0.25) is 0 Å². The standard InChI is InChI=1S/C15H22N2O3/c1-10(11(2)16)15(19)17-13-7-4-12(5-8-13)6-9-14(18)20-3/h4-5,7-8,10-11H,6,9,16H2,1-3H3,(H,17,19). The minimum absolute atomic E-state index is 0.0951. The number of anilines is 1. The molecule has 0 saturated carbocycles. The monoisotopic (exact) mass is 278 g/mol. The summed E-state index contributed by atoms with van der Waals surface area (Å²) in [6.45, 7) is 3.60. The van der Waals surface area contributed by atoms with E-state index in [9.17, 15) is 9.59 Å². The number of nitrogens with one attached hydrogen (secondary N) is 1. The topological polar surface area (TPSA) is 81.4 Å². The largest absolute Gasteiger partial charge is 0.469 e. The van der Waals surface area contributed by atoms with E-state index in [0.29, 0.717) is 12.8 Å². The number of aryl methyl sites for hydroxylation is 1. The van der Waals surface area contributed by atoms with Crippen molar-refractivity contribution in [3.05, 3.63) is 29.8 Å². The van der Waals surface area contributed by atoms with Gasteiger partial charge in [0.1, 0.15) is 0 Å². The Bertz CT molecular complexity index is 455. The van der Waals surface area contributed by atoms with Gasteiger partial charge >= 0.3 is 5.97 Å². The van der Waals surface area contributed by atoms with E-state index in [-0.39, 0.29) is 23.8 Å². The molecule has 0 aliphatic rings. The van der Waals surface area contributed by atoms with Crippen molar-refractivity contribution in [3.63, 3.8) is 0 Å². The number of carbonyl (C=O) groups is 2. The van der Waals surface area contributed by atoms with Crippen molar-refractivity contribution in [1.82, 2.24) is 0 Å². The average Bonchev–Trinajstić information content (AvgIpc) is 2.45. The van der Waals surface area contributed by atoms with Gasteiger partial charge in [0.2, 0.25) is 5.91 Å². The van der Waals surface area contributed by atoms with Gasteiger partial charge in [0, 0.05) is 18.2 Å². The van der Waals surface area contributed by atoms with E-state index in [1.165, 1.54) is 7.11 Å². The van der Waals surface area contributed by atoms with Gasteiger partial charge in [0.05, 0.1) is 13.0 Å². The lowest BCUT2D eigenvalue weighted by molar-refractivity contribution is -0.140. The zero-order valence-electron chi connectivity index (χ0n) is 12.2. The molecule has 5 nitrogen and oxygen atoms in total. The van der Waals surface area contributed by atoms with Crippen LogP contribution in [0.4, 0.5) is 5.69 Å². The van der Waals surface area contributed by atoms with Gasteiger partial charge in [0.25, 0.3) is 0 Å². The van der Waals surface area contributed by atoms with E-state index in [1.54, 1.807) is 13.8 Å². The van der Waals surface area contributed by atoms with Gasteiger partial charge in [-0.3, -0.25) is 9.59 Å². The lowest BCUT2D eigenvalue weighted by Gasteiger charge is -2.15. The highest BCUT2D eigenvalue weighted by Gasteiger charge is 2.16. The molecule has 0 aliphatic heterocycles. The van der Waals surface area contributed by atoms with E-state index in [1.807, 2.05) is 24.3 Å². The van der Waals surface area contributed by atoms with Crippen LogP contribution in [0.3, 0.4) is 0 Å². The van der Waals surface area contributed by atoms with E-state index in [0.717, 1.165) is 11.3 Å². The molecule has 110 valence electrons. The first-order valence-corrected chi connectivity index (χ1v) is 6.66. The second-order valence-corrected chi connectivity index (χ2v) is 4.91. The molecule has 2 atom stereocenters. The molecule has 0 aromatic heterocycles. The second-order valence-electron chi connectivity index (χ2n) is 4.91. The fourth-order valence-electron chi connectivity index (χ4n) is 1.60. The highest BCUT2D eigenvalue weighted by molar-refractivity contribution is 5.92. The molecule has 3 N–H and O–H groups in total. The van der Waals surface area contributed by atoms with Crippen molar-refractivity contribution in [2.45, 2.75) is 32.7 Å². The van der Waals surface area contributed by atoms with Gasteiger partial charge in [-0.05, 0) is 31.0 Å². The van der Waals surface area contributed by atoms with Crippen LogP contribution in [0.25, 0.3) is 0 Å². The first-order valence-electron chi connectivity index (χ1n) is 6.66. The molecule has 0 aliphatic carbocycles. The summed E-state index contributed by atoms with van der Waals surface area (Å²) in [5.41, 5.74) is 7.44. The minimum atomic E-state index is -0.242. The van der Waals surface area contributed by atoms with Gasteiger partial charge in [-0.2, -0.15) is 0 Å². The molecular weight excluding hydrogens is 256 g/mol. The Hall–Kier alpha value is -1.88. The number of hydrogen-bond donors (Lipinski definition) is 2. The number of esters is 1. The summed E-state index contributed by atoms with van der Waals surface area (Å²) in [6, 6.07) is 7.22. The molecule has 0 bridgehead atoms. The summed E-state index contributed by atoms with van der Waals surface area (Å²) in [7, 11) is 1.38. The summed E-state index contributed by atoms with van der Waals surface area (Å²) >= 11 is 0. The molecule has 1 aromatic carbocycles. The van der Waals surface area contributed by atoms with Gasteiger partial charge in [-0.1, -0.05) is 19.1 Å². The van der Waals surface area contributed by atoms with Crippen LogP contribution in [0, 0.1) is 5.92 Å². The summed E-state index contributed by atoms with van der Waals surface area (Å²) in [6.07, 6.45) is 0.973. The van der Waals surface area contributed by atoms with Crippen LogP contribution >= 0.6 is 0 Å². The number of amides is 1. The SMILES string of the molecule is COC(=O)CCc1ccc(NC(=O)C(C)C(C)N)cc1. The number of ether oxygens (including phenoxy) is 1. The fourth-order valence-corrected chi connectivity index (χ4v) is 1.60. The Morgan fingerprint density at radius 1 is 1.25 bits per heavy atom. The van der Waals surface area contributed by atoms with Gasteiger partial charge < -0.3 is 15.8 Å².